The van der Waals surface area contributed by atoms with Crippen LogP contribution in [0.25, 0.3) is 5.82 Å². The molecule has 0 unspecified atom stereocenters. The normalized spacial score (nSPS) is 11.5. The molecular weight excluding hydrogens is 306 g/mol. The highest BCUT2D eigenvalue weighted by Gasteiger charge is 2.08. The van der Waals surface area contributed by atoms with Crippen molar-refractivity contribution >= 4 is 5.96 Å². The van der Waals surface area contributed by atoms with Gasteiger partial charge < -0.3 is 14.7 Å². The number of hydrogen-bond donors (Lipinski definition) is 1. The van der Waals surface area contributed by atoms with Gasteiger partial charge in [-0.1, -0.05) is 5.16 Å². The molecule has 0 aromatic carbocycles. The highest BCUT2D eigenvalue weighted by atomic mass is 16.5. The van der Waals surface area contributed by atoms with Crippen LogP contribution in [0.15, 0.2) is 58.6 Å². The summed E-state index contributed by atoms with van der Waals surface area (Å²) in [5.74, 6) is 1.56. The summed E-state index contributed by atoms with van der Waals surface area (Å²) in [6.45, 7) is 1.25. The summed E-state index contributed by atoms with van der Waals surface area (Å²) in [5.41, 5.74) is 1.94. The third-order valence-electron chi connectivity index (χ3n) is 3.46. The fraction of sp³-hybridized carbons (Fsp3) is 0.250. The molecule has 0 saturated heterocycles. The molecule has 3 rings (SSSR count). The van der Waals surface area contributed by atoms with Gasteiger partial charge in [-0.25, -0.2) is 9.67 Å². The van der Waals surface area contributed by atoms with Crippen molar-refractivity contribution in [3.8, 4) is 5.82 Å². The summed E-state index contributed by atoms with van der Waals surface area (Å²) >= 11 is 0. The average Bonchev–Trinajstić information content (AvgIpc) is 3.29. The van der Waals surface area contributed by atoms with Gasteiger partial charge in [0.25, 0.3) is 0 Å². The summed E-state index contributed by atoms with van der Waals surface area (Å²) in [7, 11) is 3.70. The molecule has 8 heteroatoms. The maximum atomic E-state index is 4.85. The minimum atomic E-state index is 0.616. The lowest BCUT2D eigenvalue weighted by Crippen LogP contribution is -2.38. The van der Waals surface area contributed by atoms with Gasteiger partial charge in [0.2, 0.25) is 0 Å². The standard InChI is InChI=1S/C16H19N7O/c1-17-16(22(2)12-14-5-9-24-21-14)19-11-13-4-7-18-15(10-13)23-8-3-6-20-23/h3-10H,11-12H2,1-2H3,(H,17,19). The Balaban J connectivity index is 1.62. The van der Waals surface area contributed by atoms with Gasteiger partial charge in [0, 0.05) is 45.3 Å². The molecule has 0 aliphatic rings. The molecule has 0 amide bonds. The number of rotatable bonds is 5. The Labute approximate surface area is 139 Å². The van der Waals surface area contributed by atoms with Crippen molar-refractivity contribution in [2.45, 2.75) is 13.1 Å². The molecule has 0 radical (unpaired) electrons. The Kier molecular flexibility index (Phi) is 4.85. The summed E-state index contributed by atoms with van der Waals surface area (Å²) in [6.07, 6.45) is 6.93. The third kappa shape index (κ3) is 3.78. The van der Waals surface area contributed by atoms with Gasteiger partial charge in [0.15, 0.2) is 11.8 Å². The van der Waals surface area contributed by atoms with E-state index < -0.39 is 0 Å². The molecule has 3 heterocycles. The highest BCUT2D eigenvalue weighted by molar-refractivity contribution is 5.79. The lowest BCUT2D eigenvalue weighted by atomic mass is 10.2. The second kappa shape index (κ2) is 7.40. The first-order valence-corrected chi connectivity index (χ1v) is 7.52. The van der Waals surface area contributed by atoms with E-state index in [4.69, 9.17) is 4.52 Å². The predicted octanol–water partition coefficient (Wildman–Crippen LogP) is 1.46. The van der Waals surface area contributed by atoms with Gasteiger partial charge in [-0.2, -0.15) is 5.10 Å². The molecule has 0 saturated carbocycles. The largest absolute Gasteiger partial charge is 0.364 e. The molecule has 0 bridgehead atoms. The van der Waals surface area contributed by atoms with E-state index in [1.54, 1.807) is 30.4 Å². The smallest absolute Gasteiger partial charge is 0.194 e. The molecule has 8 nitrogen and oxygen atoms in total. The summed E-state index contributed by atoms with van der Waals surface area (Å²) in [5, 5.41) is 11.4. The van der Waals surface area contributed by atoms with Crippen LogP contribution in [0.2, 0.25) is 0 Å². The molecule has 0 fully saturated rings. The van der Waals surface area contributed by atoms with E-state index in [-0.39, 0.29) is 0 Å². The van der Waals surface area contributed by atoms with Crippen LogP contribution in [0.3, 0.4) is 0 Å². The summed E-state index contributed by atoms with van der Waals surface area (Å²) in [6, 6.07) is 7.66. The molecule has 0 spiro atoms. The molecule has 0 aliphatic heterocycles. The van der Waals surface area contributed by atoms with Crippen LogP contribution in [0.4, 0.5) is 0 Å². The second-order valence-corrected chi connectivity index (χ2v) is 5.22. The molecule has 3 aromatic rings. The zero-order valence-electron chi connectivity index (χ0n) is 13.6. The van der Waals surface area contributed by atoms with E-state index >= 15 is 0 Å². The van der Waals surface area contributed by atoms with Gasteiger partial charge in [-0.3, -0.25) is 4.99 Å². The first-order valence-electron chi connectivity index (χ1n) is 7.52. The van der Waals surface area contributed by atoms with Crippen LogP contribution >= 0.6 is 0 Å². The van der Waals surface area contributed by atoms with E-state index in [2.05, 4.69) is 25.5 Å². The number of hydrogen-bond acceptors (Lipinski definition) is 5. The van der Waals surface area contributed by atoms with E-state index in [1.165, 1.54) is 0 Å². The Morgan fingerprint density at radius 2 is 2.29 bits per heavy atom. The minimum Gasteiger partial charge on any atom is -0.364 e. The maximum absolute atomic E-state index is 4.85. The minimum absolute atomic E-state index is 0.616. The zero-order chi connectivity index (χ0) is 16.8. The predicted molar refractivity (Wildman–Crippen MR) is 89.5 cm³/mol. The van der Waals surface area contributed by atoms with Crippen molar-refractivity contribution in [2.24, 2.45) is 4.99 Å². The number of aliphatic imine (C=N–C) groups is 1. The van der Waals surface area contributed by atoms with Gasteiger partial charge in [-0.05, 0) is 23.8 Å². The van der Waals surface area contributed by atoms with Crippen molar-refractivity contribution in [3.63, 3.8) is 0 Å². The van der Waals surface area contributed by atoms with Crippen molar-refractivity contribution in [3.05, 3.63) is 60.4 Å². The van der Waals surface area contributed by atoms with E-state index in [1.807, 2.05) is 42.4 Å². The number of guanidine groups is 1. The number of nitrogens with one attached hydrogen (secondary N) is 1. The molecule has 1 N–H and O–H groups in total. The SMILES string of the molecule is CN=C(NCc1ccnc(-n2cccn2)c1)N(C)Cc1ccon1. The second-order valence-electron chi connectivity index (χ2n) is 5.22. The van der Waals surface area contributed by atoms with Crippen molar-refractivity contribution in [2.75, 3.05) is 14.1 Å². The van der Waals surface area contributed by atoms with Crippen LogP contribution < -0.4 is 5.32 Å². The lowest BCUT2D eigenvalue weighted by molar-refractivity contribution is 0.391. The van der Waals surface area contributed by atoms with Crippen LogP contribution in [-0.2, 0) is 13.1 Å². The van der Waals surface area contributed by atoms with Crippen molar-refractivity contribution in [1.29, 1.82) is 0 Å². The highest BCUT2D eigenvalue weighted by Crippen LogP contribution is 2.06. The van der Waals surface area contributed by atoms with Crippen LogP contribution in [-0.4, -0.2) is 44.9 Å². The fourth-order valence-electron chi connectivity index (χ4n) is 2.30. The monoisotopic (exact) mass is 325 g/mol. The number of nitrogens with zero attached hydrogens (tertiary/aromatic N) is 6. The zero-order valence-corrected chi connectivity index (χ0v) is 13.6. The summed E-state index contributed by atoms with van der Waals surface area (Å²) in [4.78, 5) is 10.6. The van der Waals surface area contributed by atoms with E-state index in [9.17, 15) is 0 Å². The van der Waals surface area contributed by atoms with Gasteiger partial charge in [-0.15, -0.1) is 0 Å². The van der Waals surface area contributed by atoms with Gasteiger partial charge in [0.05, 0.1) is 6.54 Å². The van der Waals surface area contributed by atoms with Gasteiger partial charge in [0.1, 0.15) is 12.0 Å². The van der Waals surface area contributed by atoms with Crippen LogP contribution in [0.5, 0.6) is 0 Å². The first kappa shape index (κ1) is 15.7. The molecule has 24 heavy (non-hydrogen) atoms. The van der Waals surface area contributed by atoms with Crippen LogP contribution in [0.1, 0.15) is 11.3 Å². The van der Waals surface area contributed by atoms with E-state index in [0.29, 0.717) is 13.1 Å². The topological polar surface area (TPSA) is 84.4 Å². The average molecular weight is 325 g/mol. The number of aromatic nitrogens is 4. The molecular formula is C16H19N7O. The Bertz CT molecular complexity index is 781. The van der Waals surface area contributed by atoms with E-state index in [0.717, 1.165) is 23.0 Å². The number of pyridine rings is 1. The fourth-order valence-corrected chi connectivity index (χ4v) is 2.30. The quantitative estimate of drug-likeness (QED) is 0.565. The maximum Gasteiger partial charge on any atom is 0.194 e. The lowest BCUT2D eigenvalue weighted by Gasteiger charge is -2.21. The van der Waals surface area contributed by atoms with Crippen molar-refractivity contribution < 1.29 is 4.52 Å². The first-order chi connectivity index (χ1) is 11.8. The van der Waals surface area contributed by atoms with Crippen LogP contribution in [0, 0.1) is 0 Å². The van der Waals surface area contributed by atoms with Gasteiger partial charge >= 0.3 is 0 Å². The Hall–Kier alpha value is -3.16. The Morgan fingerprint density at radius 3 is 3.00 bits per heavy atom. The Morgan fingerprint density at radius 1 is 1.38 bits per heavy atom. The third-order valence-corrected chi connectivity index (χ3v) is 3.46. The molecule has 0 atom stereocenters. The summed E-state index contributed by atoms with van der Waals surface area (Å²) < 4.78 is 6.59. The molecule has 3 aromatic heterocycles. The molecule has 124 valence electrons. The van der Waals surface area contributed by atoms with Crippen molar-refractivity contribution in [1.82, 2.24) is 30.1 Å². The molecule has 0 aliphatic carbocycles.